The first-order valence-electron chi connectivity index (χ1n) is 8.05. The van der Waals surface area contributed by atoms with E-state index in [9.17, 15) is 4.79 Å². The Morgan fingerprint density at radius 2 is 1.92 bits per heavy atom. The molecule has 2 aromatic heterocycles. The molecule has 26 heavy (non-hydrogen) atoms. The molecule has 128 valence electrons. The van der Waals surface area contributed by atoms with Gasteiger partial charge in [-0.15, -0.1) is 5.10 Å². The maximum atomic E-state index is 12.6. The minimum absolute atomic E-state index is 0.173. The molecule has 0 unspecified atom stereocenters. The molecule has 0 spiro atoms. The van der Waals surface area contributed by atoms with Crippen LogP contribution in [-0.4, -0.2) is 21.4 Å². The number of rotatable bonds is 2. The van der Waals surface area contributed by atoms with Crippen LogP contribution in [0.3, 0.4) is 0 Å². The molecule has 4 aromatic rings. The van der Waals surface area contributed by atoms with Crippen molar-refractivity contribution < 1.29 is 9.47 Å². The third-order valence-corrected chi connectivity index (χ3v) is 5.15. The Kier molecular flexibility index (Phi) is 3.29. The van der Waals surface area contributed by atoms with E-state index in [1.54, 1.807) is 0 Å². The first-order chi connectivity index (χ1) is 12.7. The topological polar surface area (TPSA) is 65.7 Å². The molecule has 0 N–H and O–H groups in total. The predicted molar refractivity (Wildman–Crippen MR) is 98.7 cm³/mol. The van der Waals surface area contributed by atoms with Crippen molar-refractivity contribution in [3.05, 3.63) is 68.5 Å². The van der Waals surface area contributed by atoms with Crippen molar-refractivity contribution in [2.24, 2.45) is 0 Å². The van der Waals surface area contributed by atoms with E-state index in [1.807, 2.05) is 55.5 Å². The summed E-state index contributed by atoms with van der Waals surface area (Å²) in [4.78, 5) is 17.7. The Morgan fingerprint density at radius 3 is 2.73 bits per heavy atom. The van der Waals surface area contributed by atoms with Crippen molar-refractivity contribution in [2.45, 2.75) is 6.92 Å². The summed E-state index contributed by atoms with van der Waals surface area (Å²) in [6.45, 7) is 2.25. The van der Waals surface area contributed by atoms with Crippen LogP contribution in [0, 0.1) is 6.92 Å². The zero-order valence-electron chi connectivity index (χ0n) is 13.8. The third-order valence-electron chi connectivity index (χ3n) is 4.19. The third kappa shape index (κ3) is 2.44. The number of benzene rings is 2. The summed E-state index contributed by atoms with van der Waals surface area (Å²) in [6.07, 6.45) is 1.82. The minimum Gasteiger partial charge on any atom is -0.454 e. The Labute approximate surface area is 151 Å². The van der Waals surface area contributed by atoms with E-state index < -0.39 is 0 Å². The number of aromatic nitrogens is 3. The number of fused-ring (bicyclic) bond motifs is 2. The molecule has 5 rings (SSSR count). The van der Waals surface area contributed by atoms with Gasteiger partial charge < -0.3 is 9.47 Å². The van der Waals surface area contributed by atoms with Gasteiger partial charge in [-0.05, 0) is 30.7 Å². The van der Waals surface area contributed by atoms with Gasteiger partial charge in [-0.3, -0.25) is 4.79 Å². The molecule has 3 heterocycles. The summed E-state index contributed by atoms with van der Waals surface area (Å²) in [5.41, 5.74) is 2.76. The fraction of sp³-hybridized carbons (Fsp3) is 0.105. The summed E-state index contributed by atoms with van der Waals surface area (Å²) in [6, 6.07) is 13.5. The molecule has 2 aromatic carbocycles. The largest absolute Gasteiger partial charge is 0.454 e. The van der Waals surface area contributed by atoms with Crippen molar-refractivity contribution in [3.63, 3.8) is 0 Å². The fourth-order valence-electron chi connectivity index (χ4n) is 2.81. The molecule has 0 saturated carbocycles. The van der Waals surface area contributed by atoms with Gasteiger partial charge in [0.05, 0.1) is 4.53 Å². The van der Waals surface area contributed by atoms with E-state index in [-0.39, 0.29) is 12.4 Å². The quantitative estimate of drug-likeness (QED) is 0.547. The van der Waals surface area contributed by atoms with Crippen molar-refractivity contribution in [1.82, 2.24) is 14.6 Å². The predicted octanol–water partition coefficient (Wildman–Crippen LogP) is 2.40. The van der Waals surface area contributed by atoms with Gasteiger partial charge in [-0.1, -0.05) is 47.2 Å². The molecule has 1 aliphatic rings. The summed E-state index contributed by atoms with van der Waals surface area (Å²) in [5, 5.41) is 4.37. The van der Waals surface area contributed by atoms with Crippen molar-refractivity contribution in [1.29, 1.82) is 0 Å². The molecular formula is C19H13N3O3S. The average Bonchev–Trinajstić information content (AvgIpc) is 3.33. The zero-order chi connectivity index (χ0) is 17.7. The standard InChI is InChI=1S/C19H13N3O3S/c1-11-2-5-13(6-3-11)17-20-19-22(21-17)18(23)16(26-19)9-12-4-7-14-15(8-12)25-10-24-14/h2-9H,10H2,1H3/b16-9+. The van der Waals surface area contributed by atoms with Crippen LogP contribution in [0.25, 0.3) is 22.4 Å². The molecule has 0 atom stereocenters. The first-order valence-corrected chi connectivity index (χ1v) is 8.87. The molecular weight excluding hydrogens is 350 g/mol. The van der Waals surface area contributed by atoms with Gasteiger partial charge in [-0.2, -0.15) is 9.50 Å². The number of hydrogen-bond donors (Lipinski definition) is 0. The minimum atomic E-state index is -0.173. The fourth-order valence-corrected chi connectivity index (χ4v) is 3.72. The number of nitrogens with zero attached hydrogens (tertiary/aromatic N) is 3. The van der Waals surface area contributed by atoms with E-state index in [1.165, 1.54) is 21.4 Å². The first kappa shape index (κ1) is 15.1. The van der Waals surface area contributed by atoms with Crippen LogP contribution in [-0.2, 0) is 0 Å². The number of thiazole rings is 1. The molecule has 0 radical (unpaired) electrons. The maximum Gasteiger partial charge on any atom is 0.291 e. The van der Waals surface area contributed by atoms with Crippen LogP contribution < -0.4 is 19.6 Å². The lowest BCUT2D eigenvalue weighted by Gasteiger charge is -1.96. The second-order valence-electron chi connectivity index (χ2n) is 6.02. The van der Waals surface area contributed by atoms with E-state index >= 15 is 0 Å². The van der Waals surface area contributed by atoms with Gasteiger partial charge in [0, 0.05) is 5.56 Å². The average molecular weight is 363 g/mol. The zero-order valence-corrected chi connectivity index (χ0v) is 14.6. The van der Waals surface area contributed by atoms with Crippen molar-refractivity contribution >= 4 is 22.4 Å². The molecule has 1 aliphatic heterocycles. The monoisotopic (exact) mass is 363 g/mol. The molecule has 0 bridgehead atoms. The Hall–Kier alpha value is -3.19. The SMILES string of the molecule is Cc1ccc(-c2nc3s/c(=C/c4ccc5c(c4)OCO5)c(=O)n3n2)cc1. The number of hydrogen-bond acceptors (Lipinski definition) is 6. The molecule has 0 saturated heterocycles. The van der Waals surface area contributed by atoms with Gasteiger partial charge in [0.1, 0.15) is 0 Å². The van der Waals surface area contributed by atoms with Crippen molar-refractivity contribution in [3.8, 4) is 22.9 Å². The summed E-state index contributed by atoms with van der Waals surface area (Å²) in [5.74, 6) is 1.96. The van der Waals surface area contributed by atoms with Gasteiger partial charge in [0.2, 0.25) is 11.8 Å². The Morgan fingerprint density at radius 1 is 1.12 bits per heavy atom. The molecule has 6 nitrogen and oxygen atoms in total. The lowest BCUT2D eigenvalue weighted by atomic mass is 10.1. The van der Waals surface area contributed by atoms with Gasteiger partial charge in [0.25, 0.3) is 5.56 Å². The molecule has 0 amide bonds. The normalized spacial score (nSPS) is 13.7. The maximum absolute atomic E-state index is 12.6. The Balaban J connectivity index is 1.57. The summed E-state index contributed by atoms with van der Waals surface area (Å²) >= 11 is 1.32. The second kappa shape index (κ2) is 5.67. The van der Waals surface area contributed by atoms with Crippen LogP contribution >= 0.6 is 11.3 Å². The highest BCUT2D eigenvalue weighted by molar-refractivity contribution is 7.15. The Bertz CT molecular complexity index is 1240. The van der Waals surface area contributed by atoms with E-state index in [2.05, 4.69) is 10.1 Å². The summed E-state index contributed by atoms with van der Waals surface area (Å²) < 4.78 is 12.6. The van der Waals surface area contributed by atoms with Crippen LogP contribution in [0.1, 0.15) is 11.1 Å². The van der Waals surface area contributed by atoms with Crippen LogP contribution in [0.2, 0.25) is 0 Å². The van der Waals surface area contributed by atoms with Crippen LogP contribution in [0.5, 0.6) is 11.5 Å². The lowest BCUT2D eigenvalue weighted by Crippen LogP contribution is -2.23. The highest BCUT2D eigenvalue weighted by Gasteiger charge is 2.14. The van der Waals surface area contributed by atoms with Crippen molar-refractivity contribution in [2.75, 3.05) is 6.79 Å². The van der Waals surface area contributed by atoms with Gasteiger partial charge in [0.15, 0.2) is 17.3 Å². The lowest BCUT2D eigenvalue weighted by molar-refractivity contribution is 0.174. The smallest absolute Gasteiger partial charge is 0.291 e. The number of ether oxygens (including phenoxy) is 2. The highest BCUT2D eigenvalue weighted by Crippen LogP contribution is 2.32. The molecule has 0 fully saturated rings. The second-order valence-corrected chi connectivity index (χ2v) is 7.03. The van der Waals surface area contributed by atoms with Crippen LogP contribution in [0.4, 0.5) is 0 Å². The van der Waals surface area contributed by atoms with Gasteiger partial charge in [-0.25, -0.2) is 0 Å². The van der Waals surface area contributed by atoms with E-state index in [0.717, 1.165) is 16.9 Å². The van der Waals surface area contributed by atoms with E-state index in [0.29, 0.717) is 21.1 Å². The molecule has 7 heteroatoms. The van der Waals surface area contributed by atoms with Crippen LogP contribution in [0.15, 0.2) is 47.3 Å². The van der Waals surface area contributed by atoms with Gasteiger partial charge >= 0.3 is 0 Å². The van der Waals surface area contributed by atoms with E-state index in [4.69, 9.17) is 9.47 Å². The molecule has 0 aliphatic carbocycles. The highest BCUT2D eigenvalue weighted by atomic mass is 32.1. The summed E-state index contributed by atoms with van der Waals surface area (Å²) in [7, 11) is 0. The number of aryl methyl sites for hydroxylation is 1.